The molecule has 3 rings (SSSR count). The van der Waals surface area contributed by atoms with Crippen molar-refractivity contribution in [2.75, 3.05) is 11.9 Å². The van der Waals surface area contributed by atoms with E-state index in [2.05, 4.69) is 15.3 Å². The van der Waals surface area contributed by atoms with Gasteiger partial charge in [0, 0.05) is 25.2 Å². The highest BCUT2D eigenvalue weighted by Gasteiger charge is 2.34. The highest BCUT2D eigenvalue weighted by molar-refractivity contribution is 7.98. The number of nitrogens with one attached hydrogen (secondary N) is 1. The van der Waals surface area contributed by atoms with Gasteiger partial charge < -0.3 is 14.6 Å². The lowest BCUT2D eigenvalue weighted by molar-refractivity contribution is -0.141. The summed E-state index contributed by atoms with van der Waals surface area (Å²) in [6.45, 7) is 3.68. The lowest BCUT2D eigenvalue weighted by atomic mass is 9.94. The molecule has 1 N–H and O–H groups in total. The zero-order valence-corrected chi connectivity index (χ0v) is 18.6. The monoisotopic (exact) mass is 456 g/mol. The van der Waals surface area contributed by atoms with Crippen molar-refractivity contribution >= 4 is 23.5 Å². The third kappa shape index (κ3) is 6.38. The molecule has 1 aliphatic rings. The Labute approximate surface area is 184 Å². The number of carbonyl (C=O) groups excluding carboxylic acids is 1. The molecule has 1 fully saturated rings. The molecule has 0 atom stereocenters. The molecule has 2 aromatic rings. The Morgan fingerprint density at radius 1 is 1.26 bits per heavy atom. The molecule has 6 nitrogen and oxygen atoms in total. The van der Waals surface area contributed by atoms with Crippen molar-refractivity contribution in [2.24, 2.45) is 0 Å². The number of hydrogen-bond donors (Lipinski definition) is 1. The van der Waals surface area contributed by atoms with E-state index in [-0.39, 0.29) is 40.5 Å². The molecule has 0 spiro atoms. The first-order valence-corrected chi connectivity index (χ1v) is 11.3. The number of alkyl halides is 3. The summed E-state index contributed by atoms with van der Waals surface area (Å²) in [4.78, 5) is 21.9. The zero-order chi connectivity index (χ0) is 22.6. The van der Waals surface area contributed by atoms with Crippen LogP contribution >= 0.6 is 11.8 Å². The van der Waals surface area contributed by atoms with Crippen LogP contribution in [-0.4, -0.2) is 35.0 Å². The van der Waals surface area contributed by atoms with Gasteiger partial charge in [-0.15, -0.1) is 0 Å². The third-order valence-corrected chi connectivity index (χ3v) is 5.98. The maximum Gasteiger partial charge on any atom is 0.433 e. The van der Waals surface area contributed by atoms with Crippen LogP contribution in [0.3, 0.4) is 0 Å². The van der Waals surface area contributed by atoms with Gasteiger partial charge in [-0.05, 0) is 38.8 Å². The highest BCUT2D eigenvalue weighted by atomic mass is 32.2. The number of carbonyl (C=O) groups is 1. The second kappa shape index (κ2) is 9.93. The Balaban J connectivity index is 1.76. The van der Waals surface area contributed by atoms with Crippen LogP contribution in [0.25, 0.3) is 0 Å². The fraction of sp³-hybridized carbons (Fsp3) is 0.571. The summed E-state index contributed by atoms with van der Waals surface area (Å²) in [5.41, 5.74) is -0.959. The topological polar surface area (TPSA) is 71.3 Å². The van der Waals surface area contributed by atoms with Gasteiger partial charge >= 0.3 is 6.18 Å². The number of nitrogens with zero attached hydrogens (tertiary/aromatic N) is 3. The number of hydrogen-bond acceptors (Lipinski definition) is 6. The van der Waals surface area contributed by atoms with Crippen LogP contribution < -0.4 is 10.2 Å². The van der Waals surface area contributed by atoms with Gasteiger partial charge in [-0.1, -0.05) is 31.0 Å². The standard InChI is InChI=1S/C21H27F3N4O2S/c1-13(2)25-19(29)16-10-9-15(30-16)12-31-20-26-17(21(22,23)24)11-18(27-20)28(3)14-7-5-4-6-8-14/h9-11,13-14H,4-8,12H2,1-3H3,(H,25,29). The maximum absolute atomic E-state index is 13.4. The van der Waals surface area contributed by atoms with E-state index >= 15 is 0 Å². The van der Waals surface area contributed by atoms with Gasteiger partial charge in [0.05, 0.1) is 5.75 Å². The van der Waals surface area contributed by atoms with Crippen molar-refractivity contribution in [3.63, 3.8) is 0 Å². The summed E-state index contributed by atoms with van der Waals surface area (Å²) in [5, 5.41) is 2.75. The van der Waals surface area contributed by atoms with E-state index in [1.807, 2.05) is 18.7 Å². The van der Waals surface area contributed by atoms with Crippen LogP contribution in [-0.2, 0) is 11.9 Å². The largest absolute Gasteiger partial charge is 0.455 e. The van der Waals surface area contributed by atoms with Crippen molar-refractivity contribution in [1.82, 2.24) is 15.3 Å². The quantitative estimate of drug-likeness (QED) is 0.451. The number of halogens is 3. The van der Waals surface area contributed by atoms with Gasteiger partial charge in [-0.25, -0.2) is 9.97 Å². The molecule has 0 saturated heterocycles. The summed E-state index contributed by atoms with van der Waals surface area (Å²) in [5.74, 6) is 0.767. The van der Waals surface area contributed by atoms with Gasteiger partial charge in [0.25, 0.3) is 5.91 Å². The van der Waals surface area contributed by atoms with E-state index < -0.39 is 11.9 Å². The van der Waals surface area contributed by atoms with Gasteiger partial charge in [0.15, 0.2) is 16.6 Å². The Morgan fingerprint density at radius 2 is 1.97 bits per heavy atom. The smallest absolute Gasteiger partial charge is 0.433 e. The number of anilines is 1. The molecule has 2 heterocycles. The molecule has 10 heteroatoms. The molecular weight excluding hydrogens is 429 g/mol. The first kappa shape index (κ1) is 23.4. The summed E-state index contributed by atoms with van der Waals surface area (Å²) in [6.07, 6.45) is 0.616. The molecule has 0 aromatic carbocycles. The third-order valence-electron chi connectivity index (χ3n) is 5.12. The first-order chi connectivity index (χ1) is 14.6. The summed E-state index contributed by atoms with van der Waals surface area (Å²) >= 11 is 1.05. The minimum absolute atomic E-state index is 0.0251. The first-order valence-electron chi connectivity index (χ1n) is 10.3. The van der Waals surface area contributed by atoms with Crippen LogP contribution in [0.15, 0.2) is 27.8 Å². The van der Waals surface area contributed by atoms with Crippen molar-refractivity contribution in [3.8, 4) is 0 Å². The van der Waals surface area contributed by atoms with E-state index in [1.165, 1.54) is 0 Å². The molecule has 0 bridgehead atoms. The molecule has 1 aliphatic carbocycles. The van der Waals surface area contributed by atoms with Crippen molar-refractivity contribution in [1.29, 1.82) is 0 Å². The van der Waals surface area contributed by atoms with Crippen LogP contribution in [0, 0.1) is 0 Å². The summed E-state index contributed by atoms with van der Waals surface area (Å²) < 4.78 is 45.8. The minimum atomic E-state index is -4.56. The van der Waals surface area contributed by atoms with E-state index in [0.717, 1.165) is 49.9 Å². The van der Waals surface area contributed by atoms with Gasteiger partial charge in [-0.3, -0.25) is 4.79 Å². The van der Waals surface area contributed by atoms with Crippen LogP contribution in [0.4, 0.5) is 19.0 Å². The number of furan rings is 1. The number of thioether (sulfide) groups is 1. The summed E-state index contributed by atoms with van der Waals surface area (Å²) in [6, 6.07) is 4.33. The molecule has 2 aromatic heterocycles. The molecule has 1 amide bonds. The molecule has 31 heavy (non-hydrogen) atoms. The molecule has 0 radical (unpaired) electrons. The molecule has 0 aliphatic heterocycles. The second-order valence-electron chi connectivity index (χ2n) is 7.98. The lowest BCUT2D eigenvalue weighted by Gasteiger charge is -2.32. The summed E-state index contributed by atoms with van der Waals surface area (Å²) in [7, 11) is 1.79. The lowest BCUT2D eigenvalue weighted by Crippen LogP contribution is -2.34. The molecular formula is C21H27F3N4O2S. The van der Waals surface area contributed by atoms with Gasteiger partial charge in [0.1, 0.15) is 11.6 Å². The van der Waals surface area contributed by atoms with Gasteiger partial charge in [-0.2, -0.15) is 13.2 Å². The van der Waals surface area contributed by atoms with Gasteiger partial charge in [0.2, 0.25) is 0 Å². The molecule has 170 valence electrons. The average Bonchev–Trinajstić information content (AvgIpc) is 3.20. The molecule has 0 unspecified atom stereocenters. The molecule has 1 saturated carbocycles. The highest BCUT2D eigenvalue weighted by Crippen LogP contribution is 2.33. The minimum Gasteiger partial charge on any atom is -0.455 e. The van der Waals surface area contributed by atoms with E-state index in [1.54, 1.807) is 19.2 Å². The number of amides is 1. The van der Waals surface area contributed by atoms with Crippen LogP contribution in [0.5, 0.6) is 0 Å². The fourth-order valence-corrected chi connectivity index (χ4v) is 4.25. The average molecular weight is 457 g/mol. The predicted octanol–water partition coefficient (Wildman–Crippen LogP) is 5.29. The normalized spacial score (nSPS) is 15.3. The Hall–Kier alpha value is -2.23. The second-order valence-corrected chi connectivity index (χ2v) is 8.92. The van der Waals surface area contributed by atoms with Crippen LogP contribution in [0.1, 0.15) is 68.0 Å². The number of aromatic nitrogens is 2. The van der Waals surface area contributed by atoms with E-state index in [0.29, 0.717) is 5.76 Å². The van der Waals surface area contributed by atoms with Crippen molar-refractivity contribution in [2.45, 2.75) is 75.1 Å². The van der Waals surface area contributed by atoms with Crippen molar-refractivity contribution < 1.29 is 22.4 Å². The zero-order valence-electron chi connectivity index (χ0n) is 17.8. The predicted molar refractivity (Wildman–Crippen MR) is 113 cm³/mol. The Bertz CT molecular complexity index is 895. The Morgan fingerprint density at radius 3 is 2.61 bits per heavy atom. The van der Waals surface area contributed by atoms with Crippen molar-refractivity contribution in [3.05, 3.63) is 35.4 Å². The SMILES string of the molecule is CC(C)NC(=O)c1ccc(CSc2nc(N(C)C3CCCCC3)cc(C(F)(F)F)n2)o1. The Kier molecular flexibility index (Phi) is 7.51. The maximum atomic E-state index is 13.4. The number of rotatable bonds is 7. The van der Waals surface area contributed by atoms with Crippen LogP contribution in [0.2, 0.25) is 0 Å². The fourth-order valence-electron chi connectivity index (χ4n) is 3.51. The van der Waals surface area contributed by atoms with E-state index in [4.69, 9.17) is 4.42 Å². The van der Waals surface area contributed by atoms with E-state index in [9.17, 15) is 18.0 Å².